The minimum absolute atomic E-state index is 0.135. The average molecular weight is 354 g/mol. The van der Waals surface area contributed by atoms with Crippen molar-refractivity contribution >= 4 is 5.78 Å². The Hall–Kier alpha value is -1.41. The maximum Gasteiger partial charge on any atom is 0.295 e. The minimum Gasteiger partial charge on any atom is -0.390 e. The predicted octanol–water partition coefficient (Wildman–Crippen LogP) is 2.02. The van der Waals surface area contributed by atoms with Crippen LogP contribution in [-0.4, -0.2) is 48.3 Å². The highest BCUT2D eigenvalue weighted by molar-refractivity contribution is 5.87. The molecule has 1 aromatic rings. The lowest BCUT2D eigenvalue weighted by Crippen LogP contribution is -2.46. The molecule has 2 heterocycles. The maximum absolute atomic E-state index is 13.8. The fourth-order valence-electron chi connectivity index (χ4n) is 3.70. The Morgan fingerprint density at radius 2 is 2.12 bits per heavy atom. The molecule has 2 aliphatic heterocycles. The third kappa shape index (κ3) is 3.74. The summed E-state index contributed by atoms with van der Waals surface area (Å²) in [5.74, 6) is -2.93. The molecule has 1 aromatic carbocycles. The van der Waals surface area contributed by atoms with E-state index in [0.717, 1.165) is 12.8 Å². The Balaban J connectivity index is 1.83. The van der Waals surface area contributed by atoms with Crippen LogP contribution in [0.2, 0.25) is 0 Å². The van der Waals surface area contributed by atoms with Crippen LogP contribution in [0.5, 0.6) is 0 Å². The lowest BCUT2D eigenvalue weighted by Gasteiger charge is -2.36. The van der Waals surface area contributed by atoms with Gasteiger partial charge in [-0.05, 0) is 37.3 Å². The fraction of sp³-hybridized carbons (Fsp3) is 0.611. The Labute approximate surface area is 145 Å². The number of hydrogen-bond acceptors (Lipinski definition) is 5. The second-order valence-corrected chi connectivity index (χ2v) is 6.77. The molecule has 0 aliphatic carbocycles. The number of carbonyl (C=O) groups is 1. The van der Waals surface area contributed by atoms with Gasteiger partial charge in [-0.15, -0.1) is 0 Å². The largest absolute Gasteiger partial charge is 0.390 e. The van der Waals surface area contributed by atoms with E-state index in [0.29, 0.717) is 18.8 Å². The molecule has 0 saturated carbocycles. The first-order chi connectivity index (χ1) is 11.9. The number of benzene rings is 1. The number of rotatable bonds is 5. The van der Waals surface area contributed by atoms with Crippen LogP contribution in [0.1, 0.15) is 36.9 Å². The normalized spacial score (nSPS) is 24.6. The molecule has 0 amide bonds. The first kappa shape index (κ1) is 18.4. The molecule has 7 heteroatoms. The highest BCUT2D eigenvalue weighted by Gasteiger charge is 2.41. The number of hydrazine groups is 1. The first-order valence-electron chi connectivity index (χ1n) is 8.65. The Morgan fingerprint density at radius 3 is 2.80 bits per heavy atom. The van der Waals surface area contributed by atoms with Crippen molar-refractivity contribution in [3.63, 3.8) is 0 Å². The number of nitrogens with one attached hydrogen (secondary N) is 1. The number of ether oxygens (including phenoxy) is 1. The lowest BCUT2D eigenvalue weighted by molar-refractivity contribution is -0.122. The van der Waals surface area contributed by atoms with Gasteiger partial charge in [-0.3, -0.25) is 4.79 Å². The van der Waals surface area contributed by atoms with Crippen LogP contribution >= 0.6 is 0 Å². The third-order valence-electron chi connectivity index (χ3n) is 5.19. The van der Waals surface area contributed by atoms with E-state index in [1.54, 1.807) is 12.1 Å². The molecule has 0 spiro atoms. The van der Waals surface area contributed by atoms with Crippen molar-refractivity contribution in [2.45, 2.75) is 37.8 Å². The van der Waals surface area contributed by atoms with E-state index in [2.05, 4.69) is 5.43 Å². The van der Waals surface area contributed by atoms with Gasteiger partial charge >= 0.3 is 0 Å². The van der Waals surface area contributed by atoms with Crippen LogP contribution in [0, 0.1) is 5.92 Å². The summed E-state index contributed by atoms with van der Waals surface area (Å²) in [5.41, 5.74) is 3.60. The van der Waals surface area contributed by atoms with Gasteiger partial charge in [0.1, 0.15) is 6.61 Å². The van der Waals surface area contributed by atoms with Gasteiger partial charge in [0.05, 0.1) is 12.6 Å². The molecular weight excluding hydrogens is 330 g/mol. The first-order valence-corrected chi connectivity index (χ1v) is 8.65. The number of halogens is 2. The molecule has 0 bridgehead atoms. The van der Waals surface area contributed by atoms with Gasteiger partial charge in [0.25, 0.3) is 5.92 Å². The number of carbonyl (C=O) groups excluding carboxylic acids is 1. The van der Waals surface area contributed by atoms with Gasteiger partial charge in [-0.25, -0.2) is 10.4 Å². The van der Waals surface area contributed by atoms with Crippen molar-refractivity contribution in [3.05, 3.63) is 35.4 Å². The summed E-state index contributed by atoms with van der Waals surface area (Å²) in [7, 11) is 0. The minimum atomic E-state index is -3.27. The van der Waals surface area contributed by atoms with Gasteiger partial charge in [0.2, 0.25) is 0 Å². The van der Waals surface area contributed by atoms with Crippen molar-refractivity contribution in [1.29, 1.82) is 0 Å². The fourth-order valence-corrected chi connectivity index (χ4v) is 3.70. The summed E-state index contributed by atoms with van der Waals surface area (Å²) in [5, 5.41) is 10.8. The monoisotopic (exact) mass is 354 g/mol. The van der Waals surface area contributed by atoms with Crippen molar-refractivity contribution in [3.8, 4) is 0 Å². The van der Waals surface area contributed by atoms with E-state index in [1.165, 1.54) is 12.1 Å². The molecule has 0 aromatic heterocycles. The topological polar surface area (TPSA) is 61.8 Å². The summed E-state index contributed by atoms with van der Waals surface area (Å²) < 4.78 is 33.0. The number of alkyl halides is 2. The average Bonchev–Trinajstić information content (AvgIpc) is 3.03. The molecule has 3 rings (SSSR count). The van der Waals surface area contributed by atoms with Crippen molar-refractivity contribution < 1.29 is 23.4 Å². The van der Waals surface area contributed by atoms with Crippen molar-refractivity contribution in [2.24, 2.45) is 5.92 Å². The molecule has 0 radical (unpaired) electrons. The van der Waals surface area contributed by atoms with E-state index >= 15 is 0 Å². The summed E-state index contributed by atoms with van der Waals surface area (Å²) in [4.78, 5) is 12.4. The van der Waals surface area contributed by atoms with Gasteiger partial charge in [0, 0.05) is 24.8 Å². The molecule has 2 unspecified atom stereocenters. The predicted molar refractivity (Wildman–Crippen MR) is 88.0 cm³/mol. The second-order valence-electron chi connectivity index (χ2n) is 6.77. The third-order valence-corrected chi connectivity index (χ3v) is 5.19. The molecule has 2 saturated heterocycles. The maximum atomic E-state index is 13.8. The molecule has 2 N–H and O–H groups in total. The van der Waals surface area contributed by atoms with Crippen LogP contribution in [0.3, 0.4) is 0 Å². The van der Waals surface area contributed by atoms with Crippen LogP contribution in [0.15, 0.2) is 24.3 Å². The zero-order chi connectivity index (χ0) is 18.0. The van der Waals surface area contributed by atoms with E-state index < -0.39 is 12.5 Å². The van der Waals surface area contributed by atoms with Gasteiger partial charge in [-0.2, -0.15) is 8.78 Å². The highest BCUT2D eigenvalue weighted by atomic mass is 19.3. The van der Waals surface area contributed by atoms with Gasteiger partial charge in [0.15, 0.2) is 5.78 Å². The van der Waals surface area contributed by atoms with Crippen LogP contribution in [0.4, 0.5) is 8.78 Å². The number of Topliss-reactive ketones (excluding diaryl/α,β-unsaturated/α-hetero) is 1. The van der Waals surface area contributed by atoms with Crippen molar-refractivity contribution in [1.82, 2.24) is 10.4 Å². The number of aliphatic hydroxyl groups excluding tert-OH is 1. The molecule has 138 valence electrons. The molecule has 2 fully saturated rings. The highest BCUT2D eigenvalue weighted by Crippen LogP contribution is 2.34. The number of aliphatic hydroxyl groups is 1. The lowest BCUT2D eigenvalue weighted by atomic mass is 9.88. The Bertz CT molecular complexity index is 620. The molecule has 25 heavy (non-hydrogen) atoms. The Morgan fingerprint density at radius 1 is 1.40 bits per heavy atom. The van der Waals surface area contributed by atoms with Crippen LogP contribution in [-0.2, 0) is 15.5 Å². The molecular formula is C18H24F2N2O3. The quantitative estimate of drug-likeness (QED) is 0.847. The standard InChI is InChI=1S/C18H24F2N2O3/c1-12(14-3-2-4-15(9-14)18(19,20)11-23)22-17(16(24)10-21-22)13-5-7-25-8-6-13/h2-4,9,12-13,17,21,23H,5-8,10-11H2,1H3. The number of ketones is 1. The Kier molecular flexibility index (Phi) is 5.48. The van der Waals surface area contributed by atoms with E-state index in [-0.39, 0.29) is 35.9 Å². The van der Waals surface area contributed by atoms with E-state index in [9.17, 15) is 13.6 Å². The summed E-state index contributed by atoms with van der Waals surface area (Å²) in [6.45, 7) is 2.23. The summed E-state index contributed by atoms with van der Waals surface area (Å²) in [6, 6.07) is 5.55. The molecule has 2 atom stereocenters. The summed E-state index contributed by atoms with van der Waals surface area (Å²) in [6.07, 6.45) is 1.65. The van der Waals surface area contributed by atoms with E-state index in [1.807, 2.05) is 11.9 Å². The molecule has 5 nitrogen and oxygen atoms in total. The smallest absolute Gasteiger partial charge is 0.295 e. The zero-order valence-electron chi connectivity index (χ0n) is 14.3. The van der Waals surface area contributed by atoms with Crippen LogP contribution < -0.4 is 5.43 Å². The number of hydrogen-bond donors (Lipinski definition) is 2. The van der Waals surface area contributed by atoms with Crippen molar-refractivity contribution in [2.75, 3.05) is 26.4 Å². The SMILES string of the molecule is CC(c1cccc(C(F)(F)CO)c1)N1NCC(=O)C1C1CCOCC1. The summed E-state index contributed by atoms with van der Waals surface area (Å²) >= 11 is 0. The van der Waals surface area contributed by atoms with E-state index in [4.69, 9.17) is 9.84 Å². The molecule has 2 aliphatic rings. The van der Waals surface area contributed by atoms with Gasteiger partial charge < -0.3 is 9.84 Å². The second kappa shape index (κ2) is 7.45. The van der Waals surface area contributed by atoms with Gasteiger partial charge in [-0.1, -0.05) is 18.2 Å². The number of nitrogens with zero attached hydrogens (tertiary/aromatic N) is 1. The zero-order valence-corrected chi connectivity index (χ0v) is 14.3. The van der Waals surface area contributed by atoms with Crippen LogP contribution in [0.25, 0.3) is 0 Å².